The fraction of sp³-hybridized carbons (Fsp3) is 0.222. The average Bonchev–Trinajstić information content (AvgIpc) is 2.59. The van der Waals surface area contributed by atoms with E-state index < -0.39 is 0 Å². The molecule has 0 saturated carbocycles. The minimum absolute atomic E-state index is 0.735. The van der Waals surface area contributed by atoms with E-state index in [1.807, 2.05) is 13.8 Å². The van der Waals surface area contributed by atoms with Gasteiger partial charge >= 0.3 is 0 Å². The van der Waals surface area contributed by atoms with Crippen molar-refractivity contribution in [1.82, 2.24) is 10.2 Å². The van der Waals surface area contributed by atoms with Crippen LogP contribution in [0.25, 0.3) is 10.9 Å². The Morgan fingerprint density at radius 2 is 1.77 bits per heavy atom. The van der Waals surface area contributed by atoms with E-state index in [9.17, 15) is 0 Å². The zero-order valence-electron chi connectivity index (χ0n) is 7.68. The summed E-state index contributed by atoms with van der Waals surface area (Å²) in [6.07, 6.45) is 1.70. The van der Waals surface area contributed by atoms with Crippen LogP contribution in [0.15, 0.2) is 6.20 Å². The van der Waals surface area contributed by atoms with E-state index in [-0.39, 0.29) is 0 Å². The minimum Gasteiger partial charge on any atom is -0.398 e. The van der Waals surface area contributed by atoms with Crippen LogP contribution in [0.2, 0.25) is 0 Å². The summed E-state index contributed by atoms with van der Waals surface area (Å²) in [4.78, 5) is 0. The first kappa shape index (κ1) is 7.91. The van der Waals surface area contributed by atoms with Crippen LogP contribution in [0.4, 0.5) is 11.4 Å². The van der Waals surface area contributed by atoms with E-state index in [0.717, 1.165) is 33.4 Å². The number of anilines is 2. The van der Waals surface area contributed by atoms with E-state index in [0.29, 0.717) is 0 Å². The first-order chi connectivity index (χ1) is 6.13. The summed E-state index contributed by atoms with van der Waals surface area (Å²) in [5.74, 6) is 0. The molecule has 5 N–H and O–H groups in total. The number of benzene rings is 1. The lowest BCUT2D eigenvalue weighted by Crippen LogP contribution is -1.99. The second-order valence-electron chi connectivity index (χ2n) is 3.24. The number of nitrogens with two attached hydrogens (primary N) is 2. The molecule has 0 aliphatic carbocycles. The highest BCUT2D eigenvalue weighted by atomic mass is 15.1. The Labute approximate surface area is 75.9 Å². The molecule has 68 valence electrons. The fourth-order valence-corrected chi connectivity index (χ4v) is 1.49. The first-order valence-corrected chi connectivity index (χ1v) is 4.10. The zero-order chi connectivity index (χ0) is 9.59. The molecule has 0 saturated heterocycles. The molecule has 0 atom stereocenters. The van der Waals surface area contributed by atoms with Gasteiger partial charge < -0.3 is 11.5 Å². The molecule has 2 rings (SSSR count). The summed E-state index contributed by atoms with van der Waals surface area (Å²) >= 11 is 0. The Morgan fingerprint density at radius 3 is 2.46 bits per heavy atom. The summed E-state index contributed by atoms with van der Waals surface area (Å²) < 4.78 is 0. The highest BCUT2D eigenvalue weighted by Gasteiger charge is 2.10. The molecule has 1 aromatic carbocycles. The Morgan fingerprint density at radius 1 is 1.15 bits per heavy atom. The number of hydrogen-bond acceptors (Lipinski definition) is 3. The van der Waals surface area contributed by atoms with Gasteiger partial charge in [0.1, 0.15) is 0 Å². The van der Waals surface area contributed by atoms with Crippen molar-refractivity contribution >= 4 is 22.3 Å². The number of rotatable bonds is 0. The molecular weight excluding hydrogens is 164 g/mol. The second-order valence-corrected chi connectivity index (χ2v) is 3.24. The fourth-order valence-electron chi connectivity index (χ4n) is 1.49. The Bertz CT molecular complexity index is 428. The van der Waals surface area contributed by atoms with Crippen LogP contribution < -0.4 is 11.5 Å². The van der Waals surface area contributed by atoms with E-state index >= 15 is 0 Å². The predicted molar refractivity (Wildman–Crippen MR) is 54.4 cm³/mol. The lowest BCUT2D eigenvalue weighted by Gasteiger charge is -2.08. The van der Waals surface area contributed by atoms with Crippen LogP contribution in [0.3, 0.4) is 0 Å². The molecule has 4 nitrogen and oxygen atoms in total. The molecule has 0 bridgehead atoms. The third-order valence-corrected chi connectivity index (χ3v) is 2.57. The summed E-state index contributed by atoms with van der Waals surface area (Å²) in [7, 11) is 0. The summed E-state index contributed by atoms with van der Waals surface area (Å²) in [5.41, 5.74) is 16.2. The van der Waals surface area contributed by atoms with E-state index in [4.69, 9.17) is 11.5 Å². The Hall–Kier alpha value is -1.71. The van der Waals surface area contributed by atoms with Gasteiger partial charge in [0.2, 0.25) is 0 Å². The third-order valence-electron chi connectivity index (χ3n) is 2.57. The maximum atomic E-state index is 5.92. The maximum absolute atomic E-state index is 5.92. The van der Waals surface area contributed by atoms with Crippen molar-refractivity contribution in [1.29, 1.82) is 0 Å². The molecule has 0 amide bonds. The van der Waals surface area contributed by atoms with Crippen molar-refractivity contribution in [3.63, 3.8) is 0 Å². The van der Waals surface area contributed by atoms with Gasteiger partial charge in [0.15, 0.2) is 0 Å². The smallest absolute Gasteiger partial charge is 0.0903 e. The standard InChI is InChI=1S/C9H12N4/c1-4-5(2)8(11)9-6(7(4)10)3-12-13-9/h3H,10-11H2,1-2H3,(H,12,13). The molecule has 1 heterocycles. The van der Waals surface area contributed by atoms with Crippen LogP contribution in [0.5, 0.6) is 0 Å². The van der Waals surface area contributed by atoms with Gasteiger partial charge in [-0.15, -0.1) is 0 Å². The van der Waals surface area contributed by atoms with Crippen LogP contribution in [-0.4, -0.2) is 10.2 Å². The third kappa shape index (κ3) is 0.884. The lowest BCUT2D eigenvalue weighted by atomic mass is 10.0. The SMILES string of the molecule is Cc1c(C)c(N)c2[nH]ncc2c1N. The molecule has 13 heavy (non-hydrogen) atoms. The predicted octanol–water partition coefficient (Wildman–Crippen LogP) is 1.34. The van der Waals surface area contributed by atoms with E-state index in [1.165, 1.54) is 0 Å². The van der Waals surface area contributed by atoms with Crippen molar-refractivity contribution in [2.45, 2.75) is 13.8 Å². The number of nitrogen functional groups attached to an aromatic ring is 2. The molecule has 0 aliphatic rings. The van der Waals surface area contributed by atoms with Gasteiger partial charge in [-0.1, -0.05) is 0 Å². The van der Waals surface area contributed by atoms with Gasteiger partial charge in [-0.2, -0.15) is 5.10 Å². The van der Waals surface area contributed by atoms with Crippen molar-refractivity contribution in [2.24, 2.45) is 0 Å². The molecule has 0 aliphatic heterocycles. The first-order valence-electron chi connectivity index (χ1n) is 4.10. The van der Waals surface area contributed by atoms with Gasteiger partial charge in [0, 0.05) is 11.1 Å². The van der Waals surface area contributed by atoms with Crippen LogP contribution in [0, 0.1) is 13.8 Å². The van der Waals surface area contributed by atoms with Crippen LogP contribution >= 0.6 is 0 Å². The number of hydrogen-bond donors (Lipinski definition) is 3. The number of nitrogens with one attached hydrogen (secondary N) is 1. The highest BCUT2D eigenvalue weighted by molar-refractivity contribution is 6.00. The van der Waals surface area contributed by atoms with E-state index in [2.05, 4.69) is 10.2 Å². The topological polar surface area (TPSA) is 80.7 Å². The van der Waals surface area contributed by atoms with Gasteiger partial charge in [-0.3, -0.25) is 5.10 Å². The zero-order valence-corrected chi connectivity index (χ0v) is 7.68. The molecular formula is C9H12N4. The summed E-state index contributed by atoms with van der Waals surface area (Å²) in [5, 5.41) is 7.67. The molecule has 2 aromatic rings. The lowest BCUT2D eigenvalue weighted by molar-refractivity contribution is 1.12. The Balaban J connectivity index is 3.02. The molecule has 0 radical (unpaired) electrons. The Kier molecular flexibility index (Phi) is 1.45. The van der Waals surface area contributed by atoms with Crippen LogP contribution in [0.1, 0.15) is 11.1 Å². The second kappa shape index (κ2) is 2.39. The summed E-state index contributed by atoms with van der Waals surface area (Å²) in [6.45, 7) is 3.93. The van der Waals surface area contributed by atoms with Gasteiger partial charge in [-0.25, -0.2) is 0 Å². The van der Waals surface area contributed by atoms with Crippen molar-refractivity contribution in [3.8, 4) is 0 Å². The molecule has 1 aromatic heterocycles. The van der Waals surface area contributed by atoms with E-state index in [1.54, 1.807) is 6.20 Å². The maximum Gasteiger partial charge on any atom is 0.0903 e. The molecule has 0 unspecified atom stereocenters. The normalized spacial score (nSPS) is 10.9. The van der Waals surface area contributed by atoms with Gasteiger partial charge in [-0.05, 0) is 25.0 Å². The van der Waals surface area contributed by atoms with Crippen molar-refractivity contribution in [3.05, 3.63) is 17.3 Å². The van der Waals surface area contributed by atoms with Crippen LogP contribution in [-0.2, 0) is 0 Å². The number of aromatic amines is 1. The summed E-state index contributed by atoms with van der Waals surface area (Å²) in [6, 6.07) is 0. The largest absolute Gasteiger partial charge is 0.398 e. The number of nitrogens with zero attached hydrogens (tertiary/aromatic N) is 1. The monoisotopic (exact) mass is 176 g/mol. The minimum atomic E-state index is 0.735. The van der Waals surface area contributed by atoms with Gasteiger partial charge in [0.05, 0.1) is 17.4 Å². The quantitative estimate of drug-likeness (QED) is 0.530. The number of H-pyrrole nitrogens is 1. The molecule has 4 heteroatoms. The van der Waals surface area contributed by atoms with Crippen molar-refractivity contribution < 1.29 is 0 Å². The molecule has 0 fully saturated rings. The number of fused-ring (bicyclic) bond motifs is 1. The molecule has 0 spiro atoms. The van der Waals surface area contributed by atoms with Gasteiger partial charge in [0.25, 0.3) is 0 Å². The number of aromatic nitrogens is 2. The highest BCUT2D eigenvalue weighted by Crippen LogP contribution is 2.31. The van der Waals surface area contributed by atoms with Crippen molar-refractivity contribution in [2.75, 3.05) is 11.5 Å². The average molecular weight is 176 g/mol.